The van der Waals surface area contributed by atoms with Crippen molar-refractivity contribution in [3.63, 3.8) is 0 Å². The molecule has 0 heterocycles. The van der Waals surface area contributed by atoms with Crippen LogP contribution in [0.1, 0.15) is 31.7 Å². The van der Waals surface area contributed by atoms with Gasteiger partial charge in [0.25, 0.3) is 0 Å². The molecule has 0 aromatic heterocycles. The molecule has 0 spiro atoms. The van der Waals surface area contributed by atoms with Crippen LogP contribution in [0.5, 0.6) is 0 Å². The first-order valence-electron chi connectivity index (χ1n) is 4.68. The summed E-state index contributed by atoms with van der Waals surface area (Å²) < 4.78 is 0. The maximum atomic E-state index is 10.6. The van der Waals surface area contributed by atoms with E-state index in [1.807, 2.05) is 36.3 Å². The lowest BCUT2D eigenvalue weighted by atomic mass is 10.0. The Labute approximate surface area is 79.1 Å². The summed E-state index contributed by atoms with van der Waals surface area (Å²) in [5.41, 5.74) is 1.80. The van der Waals surface area contributed by atoms with Crippen LogP contribution in [-0.2, 0) is 4.79 Å². The van der Waals surface area contributed by atoms with Crippen LogP contribution < -0.4 is 0 Å². The molecule has 0 N–H and O–H groups in total. The monoisotopic (exact) mass is 174 g/mol. The highest BCUT2D eigenvalue weighted by Crippen LogP contribution is 2.16. The third kappa shape index (κ3) is 2.89. The molecule has 68 valence electrons. The predicted molar refractivity (Wildman–Crippen MR) is 55.1 cm³/mol. The normalized spacial score (nSPS) is 9.31. The molecule has 1 nitrogen and oxygen atoms in total. The van der Waals surface area contributed by atoms with Gasteiger partial charge in [0, 0.05) is 5.57 Å². The maximum Gasteiger partial charge on any atom is 0.128 e. The molecule has 13 heavy (non-hydrogen) atoms. The lowest BCUT2D eigenvalue weighted by Gasteiger charge is -2.01. The standard InChI is InChI=1S/C12H14O/c1-2-3-7-12(10-13)11-8-5-4-6-9-11/h4-6,8-9H,2-3,7H2,1H3. The fourth-order valence-electron chi connectivity index (χ4n) is 1.25. The van der Waals surface area contributed by atoms with E-state index in [2.05, 4.69) is 6.92 Å². The SMILES string of the molecule is CCCCC(=C=O)c1ccccc1. The van der Waals surface area contributed by atoms with Gasteiger partial charge in [-0.05, 0) is 18.4 Å². The molecule has 0 saturated carbocycles. The van der Waals surface area contributed by atoms with Gasteiger partial charge in [0.15, 0.2) is 0 Å². The molecule has 1 aromatic carbocycles. The Bertz CT molecular complexity index is 294. The van der Waals surface area contributed by atoms with E-state index < -0.39 is 0 Å². The fraction of sp³-hybridized carbons (Fsp3) is 0.333. The van der Waals surface area contributed by atoms with Crippen LogP contribution in [0, 0.1) is 0 Å². The molecular formula is C12H14O. The van der Waals surface area contributed by atoms with Crippen LogP contribution in [-0.4, -0.2) is 5.94 Å². The van der Waals surface area contributed by atoms with E-state index >= 15 is 0 Å². The third-order valence-electron chi connectivity index (χ3n) is 2.03. The highest BCUT2D eigenvalue weighted by molar-refractivity contribution is 5.87. The third-order valence-corrected chi connectivity index (χ3v) is 2.03. The second-order valence-electron chi connectivity index (χ2n) is 3.05. The summed E-state index contributed by atoms with van der Waals surface area (Å²) in [6.45, 7) is 2.12. The first-order valence-corrected chi connectivity index (χ1v) is 4.68. The van der Waals surface area contributed by atoms with Gasteiger partial charge in [-0.15, -0.1) is 0 Å². The Morgan fingerprint density at radius 1 is 1.31 bits per heavy atom. The van der Waals surface area contributed by atoms with E-state index in [1.54, 1.807) is 0 Å². The van der Waals surface area contributed by atoms with Crippen molar-refractivity contribution in [1.82, 2.24) is 0 Å². The highest BCUT2D eigenvalue weighted by Gasteiger charge is 2.00. The molecule has 1 aromatic rings. The van der Waals surface area contributed by atoms with Crippen molar-refractivity contribution >= 4 is 11.5 Å². The zero-order chi connectivity index (χ0) is 9.52. The Balaban J connectivity index is 2.75. The first-order chi connectivity index (χ1) is 6.38. The molecule has 0 bridgehead atoms. The molecule has 1 heteroatoms. The minimum absolute atomic E-state index is 0.794. The van der Waals surface area contributed by atoms with Crippen molar-refractivity contribution < 1.29 is 4.79 Å². The summed E-state index contributed by atoms with van der Waals surface area (Å²) in [6, 6.07) is 9.74. The molecule has 1 rings (SSSR count). The van der Waals surface area contributed by atoms with Crippen LogP contribution in [0.4, 0.5) is 0 Å². The Morgan fingerprint density at radius 2 is 2.00 bits per heavy atom. The highest BCUT2D eigenvalue weighted by atomic mass is 16.1. The lowest BCUT2D eigenvalue weighted by molar-refractivity contribution is 0.568. The molecule has 0 aliphatic carbocycles. The zero-order valence-corrected chi connectivity index (χ0v) is 7.92. The van der Waals surface area contributed by atoms with E-state index in [4.69, 9.17) is 0 Å². The number of allylic oxidation sites excluding steroid dienone is 1. The summed E-state index contributed by atoms with van der Waals surface area (Å²) in [5.74, 6) is 2.02. The van der Waals surface area contributed by atoms with E-state index in [0.717, 1.165) is 30.4 Å². The number of unbranched alkanes of at least 4 members (excludes halogenated alkanes) is 1. The van der Waals surface area contributed by atoms with Crippen molar-refractivity contribution in [3.8, 4) is 0 Å². The Kier molecular flexibility index (Phi) is 4.01. The fourth-order valence-corrected chi connectivity index (χ4v) is 1.25. The van der Waals surface area contributed by atoms with E-state index in [-0.39, 0.29) is 0 Å². The molecule has 0 unspecified atom stereocenters. The topological polar surface area (TPSA) is 17.1 Å². The van der Waals surface area contributed by atoms with E-state index in [1.165, 1.54) is 0 Å². The molecule has 0 aliphatic heterocycles. The van der Waals surface area contributed by atoms with Crippen molar-refractivity contribution in [1.29, 1.82) is 0 Å². The average molecular weight is 174 g/mol. The minimum atomic E-state index is 0.794. The van der Waals surface area contributed by atoms with Crippen molar-refractivity contribution in [2.45, 2.75) is 26.2 Å². The molecule has 0 saturated heterocycles. The summed E-state index contributed by atoms with van der Waals surface area (Å²) >= 11 is 0. The van der Waals surface area contributed by atoms with Crippen LogP contribution in [0.15, 0.2) is 30.3 Å². The largest absolute Gasteiger partial charge is 0.233 e. The maximum absolute atomic E-state index is 10.6. The van der Waals surface area contributed by atoms with Gasteiger partial charge in [0.2, 0.25) is 0 Å². The van der Waals surface area contributed by atoms with Gasteiger partial charge < -0.3 is 0 Å². The number of rotatable bonds is 4. The summed E-state index contributed by atoms with van der Waals surface area (Å²) in [7, 11) is 0. The zero-order valence-electron chi connectivity index (χ0n) is 7.92. The summed E-state index contributed by atoms with van der Waals surface area (Å²) in [5, 5.41) is 0. The molecule has 0 aliphatic rings. The van der Waals surface area contributed by atoms with Crippen molar-refractivity contribution in [2.75, 3.05) is 0 Å². The average Bonchev–Trinajstić information content (AvgIpc) is 2.21. The molecule has 0 radical (unpaired) electrons. The molecule has 0 amide bonds. The van der Waals surface area contributed by atoms with Gasteiger partial charge in [0.05, 0.1) is 0 Å². The van der Waals surface area contributed by atoms with Crippen LogP contribution >= 0.6 is 0 Å². The Morgan fingerprint density at radius 3 is 2.54 bits per heavy atom. The van der Waals surface area contributed by atoms with Crippen LogP contribution in [0.25, 0.3) is 5.57 Å². The number of hydrogen-bond acceptors (Lipinski definition) is 1. The number of carbonyl (C=O) groups excluding carboxylic acids is 1. The second-order valence-corrected chi connectivity index (χ2v) is 3.05. The number of benzene rings is 1. The van der Waals surface area contributed by atoms with Crippen molar-refractivity contribution in [3.05, 3.63) is 35.9 Å². The van der Waals surface area contributed by atoms with Gasteiger partial charge in [-0.3, -0.25) is 0 Å². The quantitative estimate of drug-likeness (QED) is 0.641. The lowest BCUT2D eigenvalue weighted by Crippen LogP contribution is -1.85. The van der Waals surface area contributed by atoms with Crippen LogP contribution in [0.2, 0.25) is 0 Å². The van der Waals surface area contributed by atoms with Gasteiger partial charge in [-0.1, -0.05) is 43.7 Å². The van der Waals surface area contributed by atoms with Gasteiger partial charge in [0.1, 0.15) is 5.94 Å². The first kappa shape index (κ1) is 9.76. The smallest absolute Gasteiger partial charge is 0.128 e. The summed E-state index contributed by atoms with van der Waals surface area (Å²) in [4.78, 5) is 10.6. The van der Waals surface area contributed by atoms with E-state index in [0.29, 0.717) is 0 Å². The van der Waals surface area contributed by atoms with Gasteiger partial charge in [-0.2, -0.15) is 0 Å². The molecule has 0 fully saturated rings. The van der Waals surface area contributed by atoms with Gasteiger partial charge in [-0.25, -0.2) is 4.79 Å². The second kappa shape index (κ2) is 5.34. The van der Waals surface area contributed by atoms with Gasteiger partial charge >= 0.3 is 0 Å². The van der Waals surface area contributed by atoms with E-state index in [9.17, 15) is 4.79 Å². The van der Waals surface area contributed by atoms with Crippen LogP contribution in [0.3, 0.4) is 0 Å². The number of hydrogen-bond donors (Lipinski definition) is 0. The predicted octanol–water partition coefficient (Wildman–Crippen LogP) is 3.09. The van der Waals surface area contributed by atoms with Crippen molar-refractivity contribution in [2.24, 2.45) is 0 Å². The molecular weight excluding hydrogens is 160 g/mol. The Hall–Kier alpha value is -1.33. The molecule has 0 atom stereocenters. The summed E-state index contributed by atoms with van der Waals surface area (Å²) in [6.07, 6.45) is 3.00. The minimum Gasteiger partial charge on any atom is -0.233 e.